The van der Waals surface area contributed by atoms with Gasteiger partial charge in [0.1, 0.15) is 15.7 Å². The van der Waals surface area contributed by atoms with Crippen LogP contribution in [0.15, 0.2) is 18.2 Å². The minimum absolute atomic E-state index is 0.0114. The first-order valence-electron chi connectivity index (χ1n) is 5.89. The number of amides is 1. The van der Waals surface area contributed by atoms with Gasteiger partial charge < -0.3 is 11.1 Å². The number of anilines is 2. The van der Waals surface area contributed by atoms with Crippen LogP contribution in [-0.4, -0.2) is 25.8 Å². The Kier molecular flexibility index (Phi) is 5.29. The molecular formula is C12H17FN2O3S. The number of hydrogen-bond acceptors (Lipinski definition) is 4. The normalized spacial score (nSPS) is 11.3. The number of rotatable bonds is 6. The molecule has 1 rings (SSSR count). The molecule has 19 heavy (non-hydrogen) atoms. The quantitative estimate of drug-likeness (QED) is 0.777. The Hall–Kier alpha value is -1.63. The van der Waals surface area contributed by atoms with Crippen molar-refractivity contribution in [3.63, 3.8) is 0 Å². The summed E-state index contributed by atoms with van der Waals surface area (Å²) in [4.78, 5) is 11.5. The van der Waals surface area contributed by atoms with Gasteiger partial charge in [0.15, 0.2) is 0 Å². The van der Waals surface area contributed by atoms with Crippen LogP contribution in [0.5, 0.6) is 0 Å². The van der Waals surface area contributed by atoms with Crippen LogP contribution in [0.2, 0.25) is 0 Å². The van der Waals surface area contributed by atoms with Crippen molar-refractivity contribution in [1.82, 2.24) is 0 Å². The van der Waals surface area contributed by atoms with E-state index >= 15 is 0 Å². The second kappa shape index (κ2) is 6.51. The molecule has 0 radical (unpaired) electrons. The largest absolute Gasteiger partial charge is 0.396 e. The summed E-state index contributed by atoms with van der Waals surface area (Å²) in [5.41, 5.74) is 5.71. The topological polar surface area (TPSA) is 89.3 Å². The first-order chi connectivity index (χ1) is 8.84. The van der Waals surface area contributed by atoms with Crippen molar-refractivity contribution in [2.45, 2.75) is 19.8 Å². The lowest BCUT2D eigenvalue weighted by Crippen LogP contribution is -2.15. The van der Waals surface area contributed by atoms with E-state index in [0.29, 0.717) is 5.69 Å². The van der Waals surface area contributed by atoms with Gasteiger partial charge in [-0.05, 0) is 24.6 Å². The van der Waals surface area contributed by atoms with Crippen molar-refractivity contribution in [1.29, 1.82) is 0 Å². The molecule has 0 bridgehead atoms. The lowest BCUT2D eigenvalue weighted by Gasteiger charge is -2.06. The second-order valence-corrected chi connectivity index (χ2v) is 6.60. The molecular weight excluding hydrogens is 271 g/mol. The van der Waals surface area contributed by atoms with Gasteiger partial charge in [-0.25, -0.2) is 12.8 Å². The summed E-state index contributed by atoms with van der Waals surface area (Å²) in [5, 5.41) is 2.53. The summed E-state index contributed by atoms with van der Waals surface area (Å²) >= 11 is 0. The Balaban J connectivity index is 2.45. The van der Waals surface area contributed by atoms with Gasteiger partial charge in [-0.3, -0.25) is 4.79 Å². The molecule has 0 saturated carbocycles. The van der Waals surface area contributed by atoms with Crippen molar-refractivity contribution in [2.24, 2.45) is 0 Å². The van der Waals surface area contributed by atoms with E-state index < -0.39 is 15.7 Å². The Morgan fingerprint density at radius 1 is 1.42 bits per heavy atom. The molecule has 0 saturated heterocycles. The summed E-state index contributed by atoms with van der Waals surface area (Å²) < 4.78 is 35.4. The van der Waals surface area contributed by atoms with Gasteiger partial charge in [-0.1, -0.05) is 6.92 Å². The third-order valence-corrected chi connectivity index (χ3v) is 4.37. The summed E-state index contributed by atoms with van der Waals surface area (Å²) in [6.45, 7) is 1.57. The van der Waals surface area contributed by atoms with Crippen LogP contribution in [-0.2, 0) is 14.6 Å². The van der Waals surface area contributed by atoms with Gasteiger partial charge in [-0.2, -0.15) is 0 Å². The van der Waals surface area contributed by atoms with Gasteiger partial charge in [0.25, 0.3) is 0 Å². The molecule has 0 spiro atoms. The summed E-state index contributed by atoms with van der Waals surface area (Å²) in [7, 11) is -3.05. The highest BCUT2D eigenvalue weighted by atomic mass is 32.2. The summed E-state index contributed by atoms with van der Waals surface area (Å²) in [6.07, 6.45) is 0.356. The molecule has 1 aromatic carbocycles. The third-order valence-electron chi connectivity index (χ3n) is 2.58. The minimum atomic E-state index is -3.05. The van der Waals surface area contributed by atoms with Gasteiger partial charge >= 0.3 is 0 Å². The molecule has 0 aliphatic carbocycles. The molecule has 1 amide bonds. The number of hydrogen-bond donors (Lipinski definition) is 2. The number of nitrogens with one attached hydrogen (secondary N) is 1. The molecule has 5 nitrogen and oxygen atoms in total. The van der Waals surface area contributed by atoms with Crippen LogP contribution >= 0.6 is 0 Å². The molecule has 1 aromatic rings. The van der Waals surface area contributed by atoms with Gasteiger partial charge in [0.05, 0.1) is 11.4 Å². The van der Waals surface area contributed by atoms with E-state index in [9.17, 15) is 17.6 Å². The van der Waals surface area contributed by atoms with Crippen molar-refractivity contribution in [2.75, 3.05) is 22.6 Å². The van der Waals surface area contributed by atoms with Crippen molar-refractivity contribution in [3.05, 3.63) is 24.0 Å². The van der Waals surface area contributed by atoms with Gasteiger partial charge in [-0.15, -0.1) is 0 Å². The van der Waals surface area contributed by atoms with Crippen LogP contribution in [0.25, 0.3) is 0 Å². The molecule has 0 fully saturated rings. The Bertz CT molecular complexity index is 558. The lowest BCUT2D eigenvalue weighted by atomic mass is 10.2. The first kappa shape index (κ1) is 15.4. The number of carbonyl (C=O) groups is 1. The Labute approximate surface area is 111 Å². The highest BCUT2D eigenvalue weighted by Crippen LogP contribution is 2.16. The summed E-state index contributed by atoms with van der Waals surface area (Å²) in [6, 6.07) is 3.87. The molecule has 0 heterocycles. The number of carbonyl (C=O) groups excluding carboxylic acids is 1. The number of sulfone groups is 1. The van der Waals surface area contributed by atoms with E-state index in [2.05, 4.69) is 5.32 Å². The lowest BCUT2D eigenvalue weighted by molar-refractivity contribution is -0.116. The SMILES string of the molecule is CCS(=O)(=O)CCCC(=O)Nc1ccc(F)c(N)c1. The van der Waals surface area contributed by atoms with Crippen LogP contribution in [0.3, 0.4) is 0 Å². The van der Waals surface area contributed by atoms with E-state index in [1.165, 1.54) is 12.1 Å². The molecule has 0 aliphatic heterocycles. The average Bonchev–Trinajstić information content (AvgIpc) is 2.33. The highest BCUT2D eigenvalue weighted by molar-refractivity contribution is 7.91. The third kappa shape index (κ3) is 5.25. The van der Waals surface area contributed by atoms with Crippen LogP contribution in [0.4, 0.5) is 15.8 Å². The van der Waals surface area contributed by atoms with E-state index in [1.54, 1.807) is 6.92 Å². The number of nitrogen functional groups attached to an aromatic ring is 1. The maximum atomic E-state index is 12.9. The average molecular weight is 288 g/mol. The second-order valence-electron chi connectivity index (χ2n) is 4.12. The zero-order chi connectivity index (χ0) is 14.5. The summed E-state index contributed by atoms with van der Waals surface area (Å²) in [5.74, 6) is -0.810. The highest BCUT2D eigenvalue weighted by Gasteiger charge is 2.09. The Morgan fingerprint density at radius 3 is 2.68 bits per heavy atom. The number of nitrogens with two attached hydrogens (primary N) is 1. The van der Waals surface area contributed by atoms with Crippen molar-refractivity contribution < 1.29 is 17.6 Å². The predicted molar refractivity (Wildman–Crippen MR) is 73.0 cm³/mol. The van der Waals surface area contributed by atoms with Crippen LogP contribution in [0.1, 0.15) is 19.8 Å². The van der Waals surface area contributed by atoms with Gasteiger partial charge in [0.2, 0.25) is 5.91 Å². The minimum Gasteiger partial charge on any atom is -0.396 e. The smallest absolute Gasteiger partial charge is 0.224 e. The van der Waals surface area contributed by atoms with Crippen molar-refractivity contribution >= 4 is 27.1 Å². The molecule has 0 atom stereocenters. The first-order valence-corrected chi connectivity index (χ1v) is 7.71. The zero-order valence-corrected chi connectivity index (χ0v) is 11.5. The number of benzene rings is 1. The molecule has 0 aliphatic rings. The van der Waals surface area contributed by atoms with E-state index in [-0.39, 0.29) is 35.9 Å². The maximum absolute atomic E-state index is 12.9. The Morgan fingerprint density at radius 2 is 2.11 bits per heavy atom. The van der Waals surface area contributed by atoms with Gasteiger partial charge in [0, 0.05) is 17.9 Å². The monoisotopic (exact) mass is 288 g/mol. The molecule has 106 valence electrons. The molecule has 0 unspecified atom stereocenters. The van der Waals surface area contributed by atoms with E-state index in [1.807, 2.05) is 0 Å². The van der Waals surface area contributed by atoms with E-state index in [4.69, 9.17) is 5.73 Å². The molecule has 3 N–H and O–H groups in total. The van der Waals surface area contributed by atoms with Crippen molar-refractivity contribution in [3.8, 4) is 0 Å². The van der Waals surface area contributed by atoms with Crippen LogP contribution < -0.4 is 11.1 Å². The fourth-order valence-electron chi connectivity index (χ4n) is 1.44. The standard InChI is InChI=1S/C12H17FN2O3S/c1-2-19(17,18)7-3-4-12(16)15-9-5-6-10(13)11(14)8-9/h5-6,8H,2-4,7,14H2,1H3,(H,15,16). The molecule has 7 heteroatoms. The van der Waals surface area contributed by atoms with Crippen LogP contribution in [0, 0.1) is 5.82 Å². The number of halogens is 1. The van der Waals surface area contributed by atoms with E-state index in [0.717, 1.165) is 6.07 Å². The zero-order valence-electron chi connectivity index (χ0n) is 10.6. The maximum Gasteiger partial charge on any atom is 0.224 e. The fourth-order valence-corrected chi connectivity index (χ4v) is 2.31. The predicted octanol–water partition coefficient (Wildman–Crippen LogP) is 1.56. The fraction of sp³-hybridized carbons (Fsp3) is 0.417. The molecule has 0 aromatic heterocycles.